The zero-order chi connectivity index (χ0) is 26.0. The minimum Gasteiger partial charge on any atom is -0.494 e. The number of hydrogen-bond donors (Lipinski definition) is 3. The number of nitrogens with one attached hydrogen (secondary N) is 2. The molecule has 2 aliphatic rings. The van der Waals surface area contributed by atoms with Gasteiger partial charge in [-0.15, -0.1) is 0 Å². The number of hydrazine groups is 1. The average Bonchev–Trinajstić information content (AvgIpc) is 3.12. The monoisotopic (exact) mass is 490 g/mol. The molecular weight excluding hydrogens is 460 g/mol. The molecule has 0 bridgehead atoms. The number of primary amides is 1. The molecule has 10 nitrogen and oxygen atoms in total. The van der Waals surface area contributed by atoms with Crippen LogP contribution in [-0.4, -0.2) is 53.8 Å². The number of rotatable bonds is 5. The van der Waals surface area contributed by atoms with Crippen LogP contribution in [0.25, 0.3) is 5.57 Å². The van der Waals surface area contributed by atoms with Gasteiger partial charge in [0.05, 0.1) is 7.11 Å². The smallest absolute Gasteiger partial charge is 0.412 e. The molecule has 2 aromatic carbocycles. The van der Waals surface area contributed by atoms with Crippen LogP contribution >= 0.6 is 0 Å². The van der Waals surface area contributed by atoms with Crippen LogP contribution in [0.5, 0.6) is 5.75 Å². The van der Waals surface area contributed by atoms with E-state index in [0.717, 1.165) is 11.1 Å². The zero-order valence-electron chi connectivity index (χ0n) is 20.9. The third-order valence-electron chi connectivity index (χ3n) is 5.53. The van der Waals surface area contributed by atoms with Gasteiger partial charge < -0.3 is 20.1 Å². The molecule has 0 aliphatic carbocycles. The van der Waals surface area contributed by atoms with Gasteiger partial charge in [0, 0.05) is 24.5 Å². The lowest BCUT2D eigenvalue weighted by atomic mass is 10.0. The molecule has 2 amide bonds. The molecule has 0 saturated carbocycles. The van der Waals surface area contributed by atoms with Gasteiger partial charge in [-0.1, -0.05) is 18.2 Å². The fraction of sp³-hybridized carbons (Fsp3) is 0.269. The molecule has 0 spiro atoms. The first-order chi connectivity index (χ1) is 17.0. The summed E-state index contributed by atoms with van der Waals surface area (Å²) in [5.41, 5.74) is 11.6. The van der Waals surface area contributed by atoms with Gasteiger partial charge in [-0.3, -0.25) is 20.5 Å². The van der Waals surface area contributed by atoms with Crippen molar-refractivity contribution in [2.24, 2.45) is 10.7 Å². The SMILES string of the molecule is COc1cc(C(N)=O)ccc1N=C1NN2C=C(c3ccc(NC(=O)OC(C)(C)C)cc3)C=CC2N1C. The predicted molar refractivity (Wildman–Crippen MR) is 139 cm³/mol. The van der Waals surface area contributed by atoms with Gasteiger partial charge in [0.1, 0.15) is 23.2 Å². The molecule has 1 fully saturated rings. The normalized spacial score (nSPS) is 17.9. The van der Waals surface area contributed by atoms with Crippen molar-refractivity contribution >= 4 is 34.9 Å². The van der Waals surface area contributed by atoms with Gasteiger partial charge in [-0.25, -0.2) is 9.79 Å². The van der Waals surface area contributed by atoms with E-state index in [2.05, 4.69) is 16.8 Å². The van der Waals surface area contributed by atoms with Gasteiger partial charge in [-0.05, 0) is 68.3 Å². The van der Waals surface area contributed by atoms with Gasteiger partial charge in [0.2, 0.25) is 11.9 Å². The number of nitrogens with two attached hydrogens (primary N) is 1. The van der Waals surface area contributed by atoms with E-state index in [9.17, 15) is 9.59 Å². The van der Waals surface area contributed by atoms with Crippen molar-refractivity contribution in [3.05, 3.63) is 71.9 Å². The number of fused-ring (bicyclic) bond motifs is 1. The molecule has 36 heavy (non-hydrogen) atoms. The highest BCUT2D eigenvalue weighted by atomic mass is 16.6. The number of carbonyl (C=O) groups is 2. The maximum Gasteiger partial charge on any atom is 0.412 e. The van der Waals surface area contributed by atoms with Crippen LogP contribution in [0.3, 0.4) is 0 Å². The Bertz CT molecular complexity index is 1260. The van der Waals surface area contributed by atoms with E-state index in [1.54, 1.807) is 18.2 Å². The molecule has 10 heteroatoms. The van der Waals surface area contributed by atoms with Gasteiger partial charge in [0.25, 0.3) is 0 Å². The summed E-state index contributed by atoms with van der Waals surface area (Å²) in [5, 5.41) is 4.69. The lowest BCUT2D eigenvalue weighted by Crippen LogP contribution is -2.35. The van der Waals surface area contributed by atoms with E-state index < -0.39 is 17.6 Å². The molecule has 1 unspecified atom stereocenters. The maximum absolute atomic E-state index is 12.0. The number of guanidine groups is 1. The first-order valence-electron chi connectivity index (χ1n) is 11.4. The summed E-state index contributed by atoms with van der Waals surface area (Å²) in [6.07, 6.45) is 5.53. The quantitative estimate of drug-likeness (QED) is 0.583. The number of ether oxygens (including phenoxy) is 2. The molecule has 2 heterocycles. The van der Waals surface area contributed by atoms with Crippen LogP contribution in [0.15, 0.2) is 65.8 Å². The van der Waals surface area contributed by atoms with Crippen molar-refractivity contribution in [1.29, 1.82) is 0 Å². The molecule has 0 radical (unpaired) electrons. The van der Waals surface area contributed by atoms with Gasteiger partial charge in [0.15, 0.2) is 0 Å². The fourth-order valence-corrected chi connectivity index (χ4v) is 3.76. The summed E-state index contributed by atoms with van der Waals surface area (Å²) in [4.78, 5) is 30.2. The van der Waals surface area contributed by atoms with E-state index in [4.69, 9.17) is 20.2 Å². The third-order valence-corrected chi connectivity index (χ3v) is 5.53. The second-order valence-electron chi connectivity index (χ2n) is 9.38. The third kappa shape index (κ3) is 5.43. The van der Waals surface area contributed by atoms with Crippen molar-refractivity contribution < 1.29 is 19.1 Å². The molecule has 1 atom stereocenters. The Balaban J connectivity index is 1.49. The molecule has 4 N–H and O–H groups in total. The molecule has 4 rings (SSSR count). The van der Waals surface area contributed by atoms with Crippen LogP contribution in [0, 0.1) is 0 Å². The average molecular weight is 491 g/mol. The summed E-state index contributed by atoms with van der Waals surface area (Å²) in [6, 6.07) is 12.4. The van der Waals surface area contributed by atoms with Crippen LogP contribution in [0.1, 0.15) is 36.7 Å². The first kappa shape index (κ1) is 24.6. The van der Waals surface area contributed by atoms with Crippen molar-refractivity contribution in [2.45, 2.75) is 32.5 Å². The highest BCUT2D eigenvalue weighted by Crippen LogP contribution is 2.31. The lowest BCUT2D eigenvalue weighted by Gasteiger charge is -2.26. The Labute approximate surface area is 210 Å². The number of amides is 2. The number of methoxy groups -OCH3 is 1. The van der Waals surface area contributed by atoms with Gasteiger partial charge >= 0.3 is 6.09 Å². The number of hydrogen-bond acceptors (Lipinski definition) is 6. The number of anilines is 1. The topological polar surface area (TPSA) is 122 Å². The number of benzene rings is 2. The largest absolute Gasteiger partial charge is 0.494 e. The maximum atomic E-state index is 12.0. The molecule has 1 saturated heterocycles. The fourth-order valence-electron chi connectivity index (χ4n) is 3.76. The van der Waals surface area contributed by atoms with E-state index in [1.807, 2.05) is 74.3 Å². The number of allylic oxidation sites excluding steroid dienone is 2. The first-order valence-corrected chi connectivity index (χ1v) is 11.4. The van der Waals surface area contributed by atoms with Crippen LogP contribution in [-0.2, 0) is 4.74 Å². The highest BCUT2D eigenvalue weighted by molar-refractivity contribution is 5.94. The Morgan fingerprint density at radius 1 is 1.14 bits per heavy atom. The molecule has 0 aromatic heterocycles. The summed E-state index contributed by atoms with van der Waals surface area (Å²) in [5.74, 6) is 0.534. The summed E-state index contributed by atoms with van der Waals surface area (Å²) < 4.78 is 10.7. The minimum absolute atomic E-state index is 0.0727. The Morgan fingerprint density at radius 2 is 1.86 bits per heavy atom. The van der Waals surface area contributed by atoms with E-state index >= 15 is 0 Å². The predicted octanol–water partition coefficient (Wildman–Crippen LogP) is 3.82. The molecular formula is C26H30N6O4. The minimum atomic E-state index is -0.561. The standard InChI is InChI=1S/C26H30N6O4/c1-26(2,3)36-25(34)28-19-10-6-16(7-11-19)18-9-13-22-31(4)24(30-32(22)15-18)29-20-12-8-17(23(27)33)14-21(20)35-5/h6-15,22H,1-5H3,(H2,27,33)(H,28,34)(H,29,30). The van der Waals surface area contributed by atoms with Crippen molar-refractivity contribution in [2.75, 3.05) is 19.5 Å². The summed E-state index contributed by atoms with van der Waals surface area (Å²) in [7, 11) is 3.45. The number of aliphatic imine (C=N–C) groups is 1. The van der Waals surface area contributed by atoms with Crippen molar-refractivity contribution in [3.8, 4) is 5.75 Å². The number of likely N-dealkylation sites (N-methyl/N-ethyl adjacent to an activating group) is 1. The summed E-state index contributed by atoms with van der Waals surface area (Å²) in [6.45, 7) is 5.46. The molecule has 2 aliphatic heterocycles. The Hall–Kier alpha value is -4.47. The molecule has 2 aromatic rings. The second kappa shape index (κ2) is 9.65. The van der Waals surface area contributed by atoms with E-state index in [0.29, 0.717) is 28.6 Å². The lowest BCUT2D eigenvalue weighted by molar-refractivity contribution is 0.0635. The van der Waals surface area contributed by atoms with Gasteiger partial charge in [-0.2, -0.15) is 0 Å². The highest BCUT2D eigenvalue weighted by Gasteiger charge is 2.32. The van der Waals surface area contributed by atoms with Crippen LogP contribution < -0.4 is 21.2 Å². The Morgan fingerprint density at radius 3 is 2.50 bits per heavy atom. The van der Waals surface area contributed by atoms with Crippen LogP contribution in [0.4, 0.5) is 16.2 Å². The van der Waals surface area contributed by atoms with Crippen molar-refractivity contribution in [1.82, 2.24) is 15.3 Å². The Kier molecular flexibility index (Phi) is 6.61. The second-order valence-corrected chi connectivity index (χ2v) is 9.38. The summed E-state index contributed by atoms with van der Waals surface area (Å²) >= 11 is 0. The van der Waals surface area contributed by atoms with Crippen LogP contribution in [0.2, 0.25) is 0 Å². The zero-order valence-corrected chi connectivity index (χ0v) is 20.9. The van der Waals surface area contributed by atoms with E-state index in [-0.39, 0.29) is 6.17 Å². The number of carbonyl (C=O) groups excluding carboxylic acids is 2. The molecule has 188 valence electrons. The van der Waals surface area contributed by atoms with E-state index in [1.165, 1.54) is 7.11 Å². The number of nitrogens with zero attached hydrogens (tertiary/aromatic N) is 3. The van der Waals surface area contributed by atoms with Crippen molar-refractivity contribution in [3.63, 3.8) is 0 Å².